The van der Waals surface area contributed by atoms with Gasteiger partial charge in [-0.3, -0.25) is 4.40 Å². The van der Waals surface area contributed by atoms with Gasteiger partial charge in [0.25, 0.3) is 0 Å². The van der Waals surface area contributed by atoms with Gasteiger partial charge in [0.1, 0.15) is 6.33 Å². The van der Waals surface area contributed by atoms with Crippen LogP contribution >= 0.6 is 0 Å². The van der Waals surface area contributed by atoms with Crippen molar-refractivity contribution in [1.82, 2.24) is 19.6 Å². The fourth-order valence-electron chi connectivity index (χ4n) is 1.88. The number of anilines is 1. The summed E-state index contributed by atoms with van der Waals surface area (Å²) in [7, 11) is 0. The van der Waals surface area contributed by atoms with Gasteiger partial charge in [0.05, 0.1) is 6.61 Å². The summed E-state index contributed by atoms with van der Waals surface area (Å²) in [6.45, 7) is 0.652. The van der Waals surface area contributed by atoms with E-state index in [1.54, 1.807) is 12.5 Å². The molecule has 6 heteroatoms. The first-order valence-corrected chi connectivity index (χ1v) is 5.98. The second-order valence-corrected chi connectivity index (χ2v) is 4.06. The molecule has 1 aromatic carbocycles. The maximum atomic E-state index is 8.76. The van der Waals surface area contributed by atoms with Crippen molar-refractivity contribution in [2.75, 3.05) is 18.5 Å². The Morgan fingerprint density at radius 2 is 1.95 bits per heavy atom. The van der Waals surface area contributed by atoms with Crippen LogP contribution in [0.1, 0.15) is 0 Å². The Balaban J connectivity index is 1.93. The second kappa shape index (κ2) is 5.03. The van der Waals surface area contributed by atoms with E-state index in [0.29, 0.717) is 6.54 Å². The second-order valence-electron chi connectivity index (χ2n) is 4.06. The largest absolute Gasteiger partial charge is 0.395 e. The Bertz CT molecular complexity index is 677. The van der Waals surface area contributed by atoms with E-state index >= 15 is 0 Å². The summed E-state index contributed by atoms with van der Waals surface area (Å²) in [5.41, 5.74) is 2.70. The summed E-state index contributed by atoms with van der Waals surface area (Å²) in [4.78, 5) is 4.07. The molecule has 0 saturated heterocycles. The third-order valence-corrected chi connectivity index (χ3v) is 2.80. The molecule has 0 amide bonds. The number of hydrogen-bond acceptors (Lipinski definition) is 5. The van der Waals surface area contributed by atoms with Crippen LogP contribution in [0.5, 0.6) is 0 Å². The first-order chi connectivity index (χ1) is 9.38. The van der Waals surface area contributed by atoms with Crippen molar-refractivity contribution >= 4 is 11.3 Å². The number of aliphatic hydroxyl groups excluding tert-OH is 1. The molecule has 0 aliphatic carbocycles. The minimum absolute atomic E-state index is 0.113. The van der Waals surface area contributed by atoms with Crippen LogP contribution in [0, 0.1) is 0 Å². The van der Waals surface area contributed by atoms with E-state index in [-0.39, 0.29) is 6.61 Å². The number of aliphatic hydroxyl groups is 1. The zero-order chi connectivity index (χ0) is 13.1. The van der Waals surface area contributed by atoms with E-state index in [2.05, 4.69) is 20.5 Å². The molecular formula is C13H13N5O. The predicted molar refractivity (Wildman–Crippen MR) is 71.8 cm³/mol. The summed E-state index contributed by atoms with van der Waals surface area (Å²) >= 11 is 0. The zero-order valence-electron chi connectivity index (χ0n) is 10.2. The normalized spacial score (nSPS) is 10.8. The van der Waals surface area contributed by atoms with Gasteiger partial charge in [-0.05, 0) is 24.3 Å². The van der Waals surface area contributed by atoms with Crippen LogP contribution in [-0.2, 0) is 0 Å². The highest BCUT2D eigenvalue weighted by molar-refractivity contribution is 5.62. The maximum absolute atomic E-state index is 8.76. The lowest BCUT2D eigenvalue weighted by Crippen LogP contribution is -2.04. The van der Waals surface area contributed by atoms with E-state index in [4.69, 9.17) is 5.11 Å². The van der Waals surface area contributed by atoms with Crippen LogP contribution in [0.15, 0.2) is 42.9 Å². The van der Waals surface area contributed by atoms with Gasteiger partial charge in [-0.25, -0.2) is 4.98 Å². The molecule has 0 fully saturated rings. The number of benzene rings is 1. The lowest BCUT2D eigenvalue weighted by Gasteiger charge is -2.05. The van der Waals surface area contributed by atoms with Crippen molar-refractivity contribution in [3.63, 3.8) is 0 Å². The maximum Gasteiger partial charge on any atom is 0.169 e. The number of nitrogens with zero attached hydrogens (tertiary/aromatic N) is 4. The van der Waals surface area contributed by atoms with Crippen LogP contribution in [0.25, 0.3) is 17.0 Å². The molecule has 0 spiro atoms. The van der Waals surface area contributed by atoms with Gasteiger partial charge in [0.2, 0.25) is 0 Å². The minimum atomic E-state index is 0.113. The highest BCUT2D eigenvalue weighted by atomic mass is 16.3. The molecular weight excluding hydrogens is 242 g/mol. The Kier molecular flexibility index (Phi) is 3.07. The standard InChI is InChI=1S/C13H13N5O/c19-8-7-15-11-3-1-10(2-4-11)13-17-16-12-5-6-14-9-18(12)13/h1-6,9,15,19H,7-8H2. The molecule has 96 valence electrons. The number of nitrogens with one attached hydrogen (secondary N) is 1. The molecule has 0 saturated carbocycles. The first-order valence-electron chi connectivity index (χ1n) is 5.98. The molecule has 2 N–H and O–H groups in total. The zero-order valence-corrected chi connectivity index (χ0v) is 10.2. The van der Waals surface area contributed by atoms with Crippen LogP contribution in [0.2, 0.25) is 0 Å². The first kappa shape index (κ1) is 11.6. The van der Waals surface area contributed by atoms with E-state index in [0.717, 1.165) is 22.7 Å². The molecule has 6 nitrogen and oxygen atoms in total. The topological polar surface area (TPSA) is 75.3 Å². The van der Waals surface area contributed by atoms with Crippen molar-refractivity contribution in [2.45, 2.75) is 0 Å². The lowest BCUT2D eigenvalue weighted by atomic mass is 10.2. The highest BCUT2D eigenvalue weighted by Crippen LogP contribution is 2.19. The molecule has 3 aromatic rings. The van der Waals surface area contributed by atoms with E-state index in [9.17, 15) is 0 Å². The van der Waals surface area contributed by atoms with Crippen molar-refractivity contribution in [1.29, 1.82) is 0 Å². The van der Waals surface area contributed by atoms with Gasteiger partial charge in [-0.1, -0.05) is 0 Å². The van der Waals surface area contributed by atoms with Crippen LogP contribution in [0.4, 0.5) is 5.69 Å². The van der Waals surface area contributed by atoms with Gasteiger partial charge in [0.15, 0.2) is 11.5 Å². The van der Waals surface area contributed by atoms with Crippen LogP contribution in [0.3, 0.4) is 0 Å². The molecule has 0 unspecified atom stereocenters. The van der Waals surface area contributed by atoms with Crippen molar-refractivity contribution < 1.29 is 5.11 Å². The molecule has 19 heavy (non-hydrogen) atoms. The Labute approximate surface area is 109 Å². The minimum Gasteiger partial charge on any atom is -0.395 e. The molecule has 0 aliphatic rings. The monoisotopic (exact) mass is 255 g/mol. The summed E-state index contributed by atoms with van der Waals surface area (Å²) in [5, 5.41) is 20.1. The summed E-state index contributed by atoms with van der Waals surface area (Å²) < 4.78 is 1.84. The number of aromatic nitrogens is 4. The van der Waals surface area contributed by atoms with E-state index in [1.165, 1.54) is 0 Å². The Hall–Kier alpha value is -2.47. The number of fused-ring (bicyclic) bond motifs is 1. The molecule has 3 rings (SSSR count). The summed E-state index contributed by atoms with van der Waals surface area (Å²) in [5.74, 6) is 0.761. The smallest absolute Gasteiger partial charge is 0.169 e. The number of hydrogen-bond donors (Lipinski definition) is 2. The van der Waals surface area contributed by atoms with E-state index in [1.807, 2.05) is 34.7 Å². The van der Waals surface area contributed by atoms with Gasteiger partial charge in [0, 0.05) is 30.1 Å². The van der Waals surface area contributed by atoms with Gasteiger partial charge in [-0.15, -0.1) is 10.2 Å². The average molecular weight is 255 g/mol. The SMILES string of the molecule is OCCNc1ccc(-c2nnc3ccncn23)cc1. The molecule has 2 aromatic heterocycles. The molecule has 0 aliphatic heterocycles. The quantitative estimate of drug-likeness (QED) is 0.732. The fraction of sp³-hybridized carbons (Fsp3) is 0.154. The molecule has 0 radical (unpaired) electrons. The summed E-state index contributed by atoms with van der Waals surface area (Å²) in [6, 6.07) is 9.63. The van der Waals surface area contributed by atoms with Crippen molar-refractivity contribution in [2.24, 2.45) is 0 Å². The Morgan fingerprint density at radius 1 is 1.11 bits per heavy atom. The molecule has 0 atom stereocenters. The van der Waals surface area contributed by atoms with E-state index < -0.39 is 0 Å². The lowest BCUT2D eigenvalue weighted by molar-refractivity contribution is 0.311. The van der Waals surface area contributed by atoms with Crippen LogP contribution < -0.4 is 5.32 Å². The van der Waals surface area contributed by atoms with Gasteiger partial charge < -0.3 is 10.4 Å². The van der Waals surface area contributed by atoms with Crippen molar-refractivity contribution in [3.8, 4) is 11.4 Å². The highest BCUT2D eigenvalue weighted by Gasteiger charge is 2.07. The fourth-order valence-corrected chi connectivity index (χ4v) is 1.88. The summed E-state index contributed by atoms with van der Waals surface area (Å²) in [6.07, 6.45) is 3.39. The predicted octanol–water partition coefficient (Wildman–Crippen LogP) is 1.20. The Morgan fingerprint density at radius 3 is 2.74 bits per heavy atom. The van der Waals surface area contributed by atoms with Gasteiger partial charge in [-0.2, -0.15) is 0 Å². The third kappa shape index (κ3) is 2.25. The molecule has 2 heterocycles. The molecule has 0 bridgehead atoms. The van der Waals surface area contributed by atoms with Gasteiger partial charge >= 0.3 is 0 Å². The third-order valence-electron chi connectivity index (χ3n) is 2.80. The number of rotatable bonds is 4. The van der Waals surface area contributed by atoms with Crippen LogP contribution in [-0.4, -0.2) is 37.8 Å². The average Bonchev–Trinajstić information content (AvgIpc) is 2.90. The van der Waals surface area contributed by atoms with Crippen molar-refractivity contribution in [3.05, 3.63) is 42.9 Å².